The Morgan fingerprint density at radius 1 is 1.25 bits per heavy atom. The van der Waals surface area contributed by atoms with Crippen molar-refractivity contribution in [2.75, 3.05) is 0 Å². The maximum Gasteiger partial charge on any atom is 0.134 e. The Kier molecular flexibility index (Phi) is 3.49. The Morgan fingerprint density at radius 3 is 2.81 bits per heavy atom. The van der Waals surface area contributed by atoms with Crippen LogP contribution in [-0.4, -0.2) is 5.11 Å². The van der Waals surface area contributed by atoms with Crippen molar-refractivity contribution >= 4 is 11.6 Å². The Hall–Kier alpha value is -1.45. The minimum absolute atomic E-state index is 0.108. The zero-order chi connectivity index (χ0) is 11.4. The van der Waals surface area contributed by atoms with Crippen molar-refractivity contribution in [1.29, 1.82) is 0 Å². The first-order valence-electron chi connectivity index (χ1n) is 4.96. The zero-order valence-electron chi connectivity index (χ0n) is 8.61. The topological polar surface area (TPSA) is 45.4 Å². The molecule has 0 amide bonds. The quantitative estimate of drug-likeness (QED) is 0.860. The number of hydrogen-bond donors (Lipinski definition) is 2. The van der Waals surface area contributed by atoms with E-state index in [1.165, 1.54) is 0 Å². The van der Waals surface area contributed by atoms with E-state index in [1.807, 2.05) is 18.2 Å². The average Bonchev–Trinajstić information content (AvgIpc) is 2.76. The van der Waals surface area contributed by atoms with Crippen LogP contribution in [0.5, 0.6) is 5.75 Å². The minimum Gasteiger partial charge on any atom is -0.506 e. The third-order valence-corrected chi connectivity index (χ3v) is 2.52. The van der Waals surface area contributed by atoms with Crippen LogP contribution < -0.4 is 5.32 Å². The Balaban J connectivity index is 1.87. The largest absolute Gasteiger partial charge is 0.506 e. The van der Waals surface area contributed by atoms with Gasteiger partial charge in [0.2, 0.25) is 0 Å². The monoisotopic (exact) mass is 237 g/mol. The van der Waals surface area contributed by atoms with Crippen LogP contribution in [0.4, 0.5) is 0 Å². The normalized spacial score (nSPS) is 10.6. The molecule has 16 heavy (non-hydrogen) atoms. The molecule has 1 aromatic heterocycles. The van der Waals surface area contributed by atoms with Crippen LogP contribution in [0.2, 0.25) is 5.02 Å². The van der Waals surface area contributed by atoms with Gasteiger partial charge in [-0.25, -0.2) is 0 Å². The van der Waals surface area contributed by atoms with Crippen molar-refractivity contribution in [2.45, 2.75) is 13.1 Å². The molecule has 1 aromatic carbocycles. The van der Waals surface area contributed by atoms with Crippen LogP contribution >= 0.6 is 11.6 Å². The van der Waals surface area contributed by atoms with Gasteiger partial charge in [-0.3, -0.25) is 0 Å². The van der Waals surface area contributed by atoms with E-state index in [-0.39, 0.29) is 5.75 Å². The van der Waals surface area contributed by atoms with Crippen LogP contribution in [0.1, 0.15) is 11.3 Å². The summed E-state index contributed by atoms with van der Waals surface area (Å²) in [5, 5.41) is 12.8. The Morgan fingerprint density at radius 2 is 2.12 bits per heavy atom. The van der Waals surface area contributed by atoms with E-state index < -0.39 is 0 Å². The average molecular weight is 238 g/mol. The number of halogens is 1. The van der Waals surface area contributed by atoms with Gasteiger partial charge >= 0.3 is 0 Å². The van der Waals surface area contributed by atoms with E-state index in [2.05, 4.69) is 5.32 Å². The molecule has 0 aliphatic rings. The second-order valence-electron chi connectivity index (χ2n) is 3.47. The standard InChI is InChI=1S/C12H12ClNO2/c13-11-6-9(3-4-12(11)15)7-14-8-10-2-1-5-16-10/h1-6,14-15H,7-8H2. The van der Waals surface area contributed by atoms with Gasteiger partial charge in [0.05, 0.1) is 17.8 Å². The molecule has 3 nitrogen and oxygen atoms in total. The van der Waals surface area contributed by atoms with Gasteiger partial charge in [0.1, 0.15) is 11.5 Å². The lowest BCUT2D eigenvalue weighted by molar-refractivity contribution is 0.474. The van der Waals surface area contributed by atoms with Crippen LogP contribution in [0, 0.1) is 0 Å². The molecule has 0 saturated heterocycles. The fourth-order valence-electron chi connectivity index (χ4n) is 1.40. The first-order valence-corrected chi connectivity index (χ1v) is 5.34. The predicted molar refractivity (Wildman–Crippen MR) is 62.4 cm³/mol. The van der Waals surface area contributed by atoms with Gasteiger partial charge in [-0.15, -0.1) is 0 Å². The third-order valence-electron chi connectivity index (χ3n) is 2.22. The number of hydrogen-bond acceptors (Lipinski definition) is 3. The zero-order valence-corrected chi connectivity index (χ0v) is 9.37. The Labute approximate surface area is 98.7 Å². The molecular formula is C12H12ClNO2. The fourth-order valence-corrected chi connectivity index (χ4v) is 1.61. The summed E-state index contributed by atoms with van der Waals surface area (Å²) in [5.74, 6) is 1.00. The first-order chi connectivity index (χ1) is 7.75. The molecule has 2 aromatic rings. The van der Waals surface area contributed by atoms with Gasteiger partial charge in [0.25, 0.3) is 0 Å². The molecule has 0 atom stereocenters. The molecule has 4 heteroatoms. The number of aromatic hydroxyl groups is 1. The maximum atomic E-state index is 9.25. The lowest BCUT2D eigenvalue weighted by Gasteiger charge is -2.04. The summed E-state index contributed by atoms with van der Waals surface area (Å²) in [6.45, 7) is 1.35. The van der Waals surface area contributed by atoms with E-state index in [0.717, 1.165) is 11.3 Å². The van der Waals surface area contributed by atoms with Crippen molar-refractivity contribution < 1.29 is 9.52 Å². The second kappa shape index (κ2) is 5.05. The molecule has 2 N–H and O–H groups in total. The van der Waals surface area contributed by atoms with Crippen molar-refractivity contribution in [3.8, 4) is 5.75 Å². The molecule has 0 bridgehead atoms. The summed E-state index contributed by atoms with van der Waals surface area (Å²) >= 11 is 5.80. The summed E-state index contributed by atoms with van der Waals surface area (Å²) in [4.78, 5) is 0. The highest BCUT2D eigenvalue weighted by Crippen LogP contribution is 2.23. The van der Waals surface area contributed by atoms with Gasteiger partial charge in [-0.1, -0.05) is 17.7 Å². The lowest BCUT2D eigenvalue weighted by Crippen LogP contribution is -2.11. The van der Waals surface area contributed by atoms with Crippen LogP contribution in [-0.2, 0) is 13.1 Å². The van der Waals surface area contributed by atoms with Crippen LogP contribution in [0.15, 0.2) is 41.0 Å². The van der Waals surface area contributed by atoms with Crippen LogP contribution in [0.25, 0.3) is 0 Å². The highest BCUT2D eigenvalue weighted by molar-refractivity contribution is 6.32. The summed E-state index contributed by atoms with van der Waals surface area (Å²) in [6, 6.07) is 8.93. The molecule has 0 spiro atoms. The van der Waals surface area contributed by atoms with Crippen molar-refractivity contribution in [3.05, 3.63) is 52.9 Å². The minimum atomic E-state index is 0.108. The number of nitrogens with one attached hydrogen (secondary N) is 1. The van der Waals surface area contributed by atoms with Crippen molar-refractivity contribution in [3.63, 3.8) is 0 Å². The van der Waals surface area contributed by atoms with E-state index in [1.54, 1.807) is 18.4 Å². The summed E-state index contributed by atoms with van der Waals surface area (Å²) in [7, 11) is 0. The van der Waals surface area contributed by atoms with Gasteiger partial charge in [-0.2, -0.15) is 0 Å². The lowest BCUT2D eigenvalue weighted by atomic mass is 10.2. The third kappa shape index (κ3) is 2.78. The highest BCUT2D eigenvalue weighted by Gasteiger charge is 2.00. The molecule has 2 rings (SSSR count). The van der Waals surface area contributed by atoms with Gasteiger partial charge in [-0.05, 0) is 29.8 Å². The van der Waals surface area contributed by atoms with Gasteiger partial charge in [0.15, 0.2) is 0 Å². The molecule has 0 unspecified atom stereocenters. The summed E-state index contributed by atoms with van der Waals surface area (Å²) in [6.07, 6.45) is 1.65. The van der Waals surface area contributed by atoms with E-state index in [9.17, 15) is 5.11 Å². The maximum absolute atomic E-state index is 9.25. The highest BCUT2D eigenvalue weighted by atomic mass is 35.5. The molecule has 1 heterocycles. The second-order valence-corrected chi connectivity index (χ2v) is 3.88. The predicted octanol–water partition coefficient (Wildman–Crippen LogP) is 2.93. The molecule has 84 valence electrons. The Bertz CT molecular complexity index is 454. The SMILES string of the molecule is Oc1ccc(CNCc2ccco2)cc1Cl. The molecule has 0 saturated carbocycles. The molecule has 0 fully saturated rings. The molecule has 0 aliphatic heterocycles. The number of phenols is 1. The molecular weight excluding hydrogens is 226 g/mol. The van der Waals surface area contributed by atoms with Gasteiger partial charge < -0.3 is 14.8 Å². The van der Waals surface area contributed by atoms with Gasteiger partial charge in [0, 0.05) is 6.54 Å². The summed E-state index contributed by atoms with van der Waals surface area (Å²) < 4.78 is 5.19. The number of benzene rings is 1. The van der Waals surface area contributed by atoms with E-state index in [4.69, 9.17) is 16.0 Å². The number of furan rings is 1. The fraction of sp³-hybridized carbons (Fsp3) is 0.167. The van der Waals surface area contributed by atoms with Crippen LogP contribution in [0.3, 0.4) is 0 Å². The van der Waals surface area contributed by atoms with Crippen molar-refractivity contribution in [1.82, 2.24) is 5.32 Å². The first kappa shape index (κ1) is 11.0. The summed E-state index contributed by atoms with van der Waals surface area (Å²) in [5.41, 5.74) is 1.02. The number of rotatable bonds is 4. The molecule has 0 radical (unpaired) electrons. The number of phenolic OH excluding ortho intramolecular Hbond substituents is 1. The smallest absolute Gasteiger partial charge is 0.134 e. The molecule has 0 aliphatic carbocycles. The van der Waals surface area contributed by atoms with Crippen molar-refractivity contribution in [2.24, 2.45) is 0 Å². The van der Waals surface area contributed by atoms with E-state index in [0.29, 0.717) is 18.1 Å². The van der Waals surface area contributed by atoms with E-state index >= 15 is 0 Å².